The van der Waals surface area contributed by atoms with Gasteiger partial charge in [-0.2, -0.15) is 0 Å². The molecule has 2 rings (SSSR count). The second-order valence-electron chi connectivity index (χ2n) is 3.50. The molecule has 0 bridgehead atoms. The van der Waals surface area contributed by atoms with Crippen LogP contribution in [0, 0.1) is 0 Å². The molecule has 92 valence electrons. The Morgan fingerprint density at radius 2 is 2.00 bits per heavy atom. The highest BCUT2D eigenvalue weighted by molar-refractivity contribution is 7.98. The molecule has 2 aromatic rings. The van der Waals surface area contributed by atoms with Crippen molar-refractivity contribution < 1.29 is 5.21 Å². The van der Waals surface area contributed by atoms with Crippen molar-refractivity contribution in [3.8, 4) is 0 Å². The van der Waals surface area contributed by atoms with Crippen LogP contribution in [0.4, 0.5) is 0 Å². The highest BCUT2D eigenvalue weighted by atomic mass is 32.2. The van der Waals surface area contributed by atoms with Gasteiger partial charge in [0.05, 0.1) is 12.4 Å². The van der Waals surface area contributed by atoms with Crippen LogP contribution in [0.3, 0.4) is 0 Å². The Morgan fingerprint density at radius 1 is 1.22 bits per heavy atom. The minimum atomic E-state index is -0.0397. The fourth-order valence-corrected chi connectivity index (χ4v) is 2.07. The number of benzene rings is 1. The van der Waals surface area contributed by atoms with Gasteiger partial charge < -0.3 is 10.9 Å². The van der Waals surface area contributed by atoms with Gasteiger partial charge in [0, 0.05) is 5.75 Å². The topological polar surface area (TPSA) is 84.4 Å². The summed E-state index contributed by atoms with van der Waals surface area (Å²) in [6, 6.07) is 10.1. The number of amidine groups is 1. The number of thioether (sulfide) groups is 1. The summed E-state index contributed by atoms with van der Waals surface area (Å²) in [4.78, 5) is 8.25. The third kappa shape index (κ3) is 3.21. The molecule has 1 aromatic carbocycles. The van der Waals surface area contributed by atoms with Crippen LogP contribution in [-0.4, -0.2) is 21.0 Å². The van der Waals surface area contributed by atoms with Gasteiger partial charge in [0.2, 0.25) is 0 Å². The first-order valence-electron chi connectivity index (χ1n) is 5.26. The van der Waals surface area contributed by atoms with Crippen molar-refractivity contribution in [1.82, 2.24) is 9.97 Å². The zero-order valence-electron chi connectivity index (χ0n) is 9.52. The molecule has 0 atom stereocenters. The third-order valence-corrected chi connectivity index (χ3v) is 3.21. The molecular weight excluding hydrogens is 248 g/mol. The lowest BCUT2D eigenvalue weighted by Gasteiger charge is -2.02. The summed E-state index contributed by atoms with van der Waals surface area (Å²) in [6.07, 6.45) is 3.10. The molecule has 0 saturated carbocycles. The molecule has 0 radical (unpaired) electrons. The van der Waals surface area contributed by atoms with Crippen molar-refractivity contribution in [1.29, 1.82) is 0 Å². The van der Waals surface area contributed by atoms with E-state index in [-0.39, 0.29) is 5.84 Å². The molecule has 1 aromatic heterocycles. The van der Waals surface area contributed by atoms with Gasteiger partial charge in [-0.1, -0.05) is 35.5 Å². The van der Waals surface area contributed by atoms with Crippen LogP contribution in [0.25, 0.3) is 0 Å². The Labute approximate surface area is 109 Å². The Balaban J connectivity index is 1.99. The molecule has 0 spiro atoms. The molecule has 18 heavy (non-hydrogen) atoms. The fraction of sp³-hybridized carbons (Fsp3) is 0.0833. The second-order valence-corrected chi connectivity index (χ2v) is 4.50. The molecule has 0 aliphatic heterocycles. The molecule has 3 N–H and O–H groups in total. The zero-order chi connectivity index (χ0) is 12.8. The van der Waals surface area contributed by atoms with Crippen molar-refractivity contribution in [3.05, 3.63) is 54.0 Å². The quantitative estimate of drug-likeness (QED) is 0.288. The molecule has 5 nitrogen and oxygen atoms in total. The van der Waals surface area contributed by atoms with E-state index in [9.17, 15) is 0 Å². The Hall–Kier alpha value is -2.08. The van der Waals surface area contributed by atoms with E-state index in [0.717, 1.165) is 10.8 Å². The maximum Gasteiger partial charge on any atom is 0.190 e. The Morgan fingerprint density at radius 3 is 2.61 bits per heavy atom. The molecule has 0 amide bonds. The summed E-state index contributed by atoms with van der Waals surface area (Å²) in [5, 5.41) is 12.2. The fourth-order valence-electron chi connectivity index (χ4n) is 1.31. The number of oxime groups is 1. The molecule has 0 saturated heterocycles. The minimum absolute atomic E-state index is 0.0397. The predicted octanol–water partition coefficient (Wildman–Crippen LogP) is 1.86. The van der Waals surface area contributed by atoms with Crippen molar-refractivity contribution in [3.63, 3.8) is 0 Å². The van der Waals surface area contributed by atoms with E-state index in [0.29, 0.717) is 5.69 Å². The average molecular weight is 260 g/mol. The molecule has 0 fully saturated rings. The van der Waals surface area contributed by atoms with E-state index in [1.807, 2.05) is 18.2 Å². The van der Waals surface area contributed by atoms with E-state index in [1.165, 1.54) is 11.8 Å². The summed E-state index contributed by atoms with van der Waals surface area (Å²) >= 11 is 1.58. The van der Waals surface area contributed by atoms with Gasteiger partial charge in [-0.15, -0.1) is 11.8 Å². The Kier molecular flexibility index (Phi) is 4.14. The van der Waals surface area contributed by atoms with Crippen molar-refractivity contribution in [2.45, 2.75) is 10.8 Å². The highest BCUT2D eigenvalue weighted by Gasteiger charge is 2.02. The summed E-state index contributed by atoms with van der Waals surface area (Å²) in [6.45, 7) is 0. The van der Waals surface area contributed by atoms with E-state index < -0.39 is 0 Å². The smallest absolute Gasteiger partial charge is 0.190 e. The first kappa shape index (κ1) is 12.4. The van der Waals surface area contributed by atoms with E-state index in [4.69, 9.17) is 10.9 Å². The highest BCUT2D eigenvalue weighted by Crippen LogP contribution is 2.19. The molecule has 0 unspecified atom stereocenters. The number of nitrogens with zero attached hydrogens (tertiary/aromatic N) is 3. The van der Waals surface area contributed by atoms with Gasteiger partial charge in [-0.05, 0) is 5.56 Å². The predicted molar refractivity (Wildman–Crippen MR) is 70.5 cm³/mol. The standard InChI is InChI=1S/C12H12N4OS/c13-12(16-17)10-6-15-11(7-14-10)18-8-9-4-2-1-3-5-9/h1-7,17H,8H2,(H2,13,16). The maximum absolute atomic E-state index is 8.50. The molecule has 0 aliphatic rings. The minimum Gasteiger partial charge on any atom is -0.409 e. The first-order valence-corrected chi connectivity index (χ1v) is 6.25. The summed E-state index contributed by atoms with van der Waals surface area (Å²) in [5.41, 5.74) is 6.99. The molecule has 1 heterocycles. The zero-order valence-corrected chi connectivity index (χ0v) is 10.3. The van der Waals surface area contributed by atoms with Crippen LogP contribution >= 0.6 is 11.8 Å². The lowest BCUT2D eigenvalue weighted by Crippen LogP contribution is -2.15. The number of aromatic nitrogens is 2. The normalized spacial score (nSPS) is 11.4. The molecule has 6 heteroatoms. The van der Waals surface area contributed by atoms with Crippen LogP contribution in [-0.2, 0) is 5.75 Å². The van der Waals surface area contributed by atoms with Crippen molar-refractivity contribution in [2.75, 3.05) is 0 Å². The van der Waals surface area contributed by atoms with Crippen LogP contribution in [0.1, 0.15) is 11.3 Å². The van der Waals surface area contributed by atoms with Gasteiger partial charge in [-0.3, -0.25) is 0 Å². The lowest BCUT2D eigenvalue weighted by atomic mass is 10.2. The number of hydrogen-bond donors (Lipinski definition) is 2. The van der Waals surface area contributed by atoms with Crippen LogP contribution in [0.5, 0.6) is 0 Å². The first-order chi connectivity index (χ1) is 8.79. The van der Waals surface area contributed by atoms with Crippen LogP contribution in [0.15, 0.2) is 52.9 Å². The number of rotatable bonds is 4. The average Bonchev–Trinajstić information content (AvgIpc) is 2.46. The number of hydrogen-bond acceptors (Lipinski definition) is 5. The molecule has 0 aliphatic carbocycles. The van der Waals surface area contributed by atoms with Crippen LogP contribution in [0.2, 0.25) is 0 Å². The summed E-state index contributed by atoms with van der Waals surface area (Å²) in [5.74, 6) is 0.792. The van der Waals surface area contributed by atoms with Crippen molar-refractivity contribution in [2.24, 2.45) is 10.9 Å². The largest absolute Gasteiger partial charge is 0.409 e. The summed E-state index contributed by atoms with van der Waals surface area (Å²) in [7, 11) is 0. The van der Waals surface area contributed by atoms with Crippen molar-refractivity contribution >= 4 is 17.6 Å². The third-order valence-electron chi connectivity index (χ3n) is 2.23. The Bertz CT molecular complexity index is 528. The van der Waals surface area contributed by atoms with Gasteiger partial charge in [-0.25, -0.2) is 9.97 Å². The maximum atomic E-state index is 8.50. The van der Waals surface area contributed by atoms with Gasteiger partial charge >= 0.3 is 0 Å². The van der Waals surface area contributed by atoms with Gasteiger partial charge in [0.25, 0.3) is 0 Å². The van der Waals surface area contributed by atoms with E-state index in [1.54, 1.807) is 18.0 Å². The van der Waals surface area contributed by atoms with Crippen LogP contribution < -0.4 is 5.73 Å². The number of nitrogens with two attached hydrogens (primary N) is 1. The molecular formula is C12H12N4OS. The van der Waals surface area contributed by atoms with Gasteiger partial charge in [0.1, 0.15) is 10.7 Å². The second kappa shape index (κ2) is 6.02. The SMILES string of the molecule is NC(=NO)c1cnc(SCc2ccccc2)cn1. The van der Waals surface area contributed by atoms with E-state index in [2.05, 4.69) is 27.3 Å². The lowest BCUT2D eigenvalue weighted by molar-refractivity contribution is 0.318. The van der Waals surface area contributed by atoms with E-state index >= 15 is 0 Å². The monoisotopic (exact) mass is 260 g/mol. The summed E-state index contributed by atoms with van der Waals surface area (Å²) < 4.78 is 0. The van der Waals surface area contributed by atoms with Gasteiger partial charge in [0.15, 0.2) is 5.84 Å².